The van der Waals surface area contributed by atoms with Crippen molar-refractivity contribution in [1.82, 2.24) is 0 Å². The lowest BCUT2D eigenvalue weighted by atomic mass is 9.90. The first-order valence-corrected chi connectivity index (χ1v) is 12.8. The molecule has 7 heteroatoms. The van der Waals surface area contributed by atoms with Crippen molar-refractivity contribution in [2.75, 3.05) is 25.1 Å². The van der Waals surface area contributed by atoms with E-state index in [-0.39, 0.29) is 5.82 Å². The normalized spacial score (nSPS) is 20.4. The molecule has 2 atom stereocenters. The number of hydrogen-bond acceptors (Lipinski definition) is 4. The number of carbonyl (C=O) groups is 1. The highest BCUT2D eigenvalue weighted by Crippen LogP contribution is 2.32. The van der Waals surface area contributed by atoms with Gasteiger partial charge >= 0.3 is 0 Å². The Morgan fingerprint density at radius 1 is 1.21 bits per heavy atom. The second-order valence-corrected chi connectivity index (χ2v) is 10.8. The summed E-state index contributed by atoms with van der Waals surface area (Å²) in [6.45, 7) is 3.35. The van der Waals surface area contributed by atoms with Crippen LogP contribution >= 0.6 is 0 Å². The van der Waals surface area contributed by atoms with Gasteiger partial charge in [-0.15, -0.1) is 0 Å². The average Bonchev–Trinajstić information content (AvgIpc) is 2.86. The maximum atomic E-state index is 13.6. The van der Waals surface area contributed by atoms with Gasteiger partial charge < -0.3 is 15.8 Å². The zero-order valence-corrected chi connectivity index (χ0v) is 20.2. The molecule has 3 N–H and O–H groups in total. The van der Waals surface area contributed by atoms with Crippen molar-refractivity contribution in [3.8, 4) is 0 Å². The van der Waals surface area contributed by atoms with Crippen LogP contribution in [0.4, 0.5) is 10.1 Å². The molecule has 2 aliphatic rings. The van der Waals surface area contributed by atoms with Crippen molar-refractivity contribution in [3.05, 3.63) is 77.6 Å². The first-order valence-electron chi connectivity index (χ1n) is 11.7. The number of primary amides is 1. The summed E-state index contributed by atoms with van der Waals surface area (Å²) in [5, 5.41) is 3.43. The second-order valence-electron chi connectivity index (χ2n) is 8.96. The number of nitrogens with one attached hydrogen (secondary N) is 1. The third kappa shape index (κ3) is 5.31. The molecule has 2 aromatic carbocycles. The summed E-state index contributed by atoms with van der Waals surface area (Å²) >= 11 is 0. The van der Waals surface area contributed by atoms with Crippen molar-refractivity contribution >= 4 is 28.0 Å². The fourth-order valence-electron chi connectivity index (χ4n) is 4.51. The molecule has 0 bridgehead atoms. The number of halogens is 1. The molecule has 2 aromatic rings. The van der Waals surface area contributed by atoms with E-state index in [1.165, 1.54) is 6.07 Å². The fourth-order valence-corrected chi connectivity index (χ4v) is 6.07. The molecule has 1 fully saturated rings. The molecule has 0 radical (unpaired) electrons. The number of hydrogen-bond donors (Lipinski definition) is 2. The van der Waals surface area contributed by atoms with E-state index in [1.54, 1.807) is 19.1 Å². The molecule has 0 spiro atoms. The van der Waals surface area contributed by atoms with Crippen LogP contribution in [0.25, 0.3) is 5.57 Å². The van der Waals surface area contributed by atoms with E-state index in [4.69, 9.17) is 10.5 Å². The highest BCUT2D eigenvalue weighted by molar-refractivity contribution is 7.87. The molecule has 180 valence electrons. The van der Waals surface area contributed by atoms with Crippen LogP contribution in [0, 0.1) is 18.7 Å². The first-order chi connectivity index (χ1) is 16.4. The van der Waals surface area contributed by atoms with Gasteiger partial charge in [0, 0.05) is 30.3 Å². The molecule has 1 saturated heterocycles. The Bertz CT molecular complexity index is 1120. The Labute approximate surface area is 202 Å². The van der Waals surface area contributed by atoms with Gasteiger partial charge in [0.05, 0.1) is 10.8 Å². The van der Waals surface area contributed by atoms with Gasteiger partial charge in [-0.2, -0.15) is 0 Å². The van der Waals surface area contributed by atoms with Gasteiger partial charge in [-0.25, -0.2) is 4.39 Å². The summed E-state index contributed by atoms with van der Waals surface area (Å²) in [7, 11) is -1.52. The zero-order chi connectivity index (χ0) is 24.1. The monoisotopic (exact) mass is 482 g/mol. The Balaban J connectivity index is 1.34. The number of ether oxygens (including phenoxy) is 1. The SMILES string of the molecule is Cc1cc(C2=CC(CCNc3ccc(S(=O)C4(C(N)=O)CCOCC4)cc3)CC=C2)ccc1F. The lowest BCUT2D eigenvalue weighted by Crippen LogP contribution is -2.51. The molecular weight excluding hydrogens is 451 g/mol. The fraction of sp³-hybridized carbons (Fsp3) is 0.370. The van der Waals surface area contributed by atoms with Gasteiger partial charge in [0.25, 0.3) is 0 Å². The number of rotatable bonds is 8. The highest BCUT2D eigenvalue weighted by atomic mass is 32.2. The topological polar surface area (TPSA) is 81.4 Å². The molecule has 1 heterocycles. The smallest absolute Gasteiger partial charge is 0.236 e. The zero-order valence-electron chi connectivity index (χ0n) is 19.4. The molecule has 2 unspecified atom stereocenters. The van der Waals surface area contributed by atoms with Crippen molar-refractivity contribution in [2.45, 2.75) is 42.2 Å². The van der Waals surface area contributed by atoms with Crippen LogP contribution in [-0.4, -0.2) is 34.6 Å². The summed E-state index contributed by atoms with van der Waals surface area (Å²) in [5.74, 6) is -0.313. The summed E-state index contributed by atoms with van der Waals surface area (Å²) in [4.78, 5) is 12.7. The van der Waals surface area contributed by atoms with Gasteiger partial charge in [-0.3, -0.25) is 9.00 Å². The van der Waals surface area contributed by atoms with Crippen LogP contribution in [0.3, 0.4) is 0 Å². The van der Waals surface area contributed by atoms with E-state index in [0.29, 0.717) is 42.4 Å². The van der Waals surface area contributed by atoms with E-state index in [0.717, 1.165) is 36.2 Å². The highest BCUT2D eigenvalue weighted by Gasteiger charge is 2.45. The summed E-state index contributed by atoms with van der Waals surface area (Å²) in [6, 6.07) is 12.6. The maximum Gasteiger partial charge on any atom is 0.236 e. The molecule has 1 amide bonds. The van der Waals surface area contributed by atoms with Gasteiger partial charge in [-0.1, -0.05) is 24.3 Å². The van der Waals surface area contributed by atoms with Crippen LogP contribution in [-0.2, 0) is 20.3 Å². The van der Waals surface area contributed by atoms with Gasteiger partial charge in [0.1, 0.15) is 10.6 Å². The van der Waals surface area contributed by atoms with Crippen molar-refractivity contribution in [1.29, 1.82) is 0 Å². The van der Waals surface area contributed by atoms with Crippen LogP contribution in [0.15, 0.2) is 65.6 Å². The number of nitrogens with two attached hydrogens (primary N) is 1. The number of carbonyl (C=O) groups excluding carboxylic acids is 1. The molecule has 4 rings (SSSR count). The summed E-state index contributed by atoms with van der Waals surface area (Å²) < 4.78 is 31.1. The molecule has 0 saturated carbocycles. The van der Waals surface area contributed by atoms with Crippen LogP contribution in [0.2, 0.25) is 0 Å². The second kappa shape index (κ2) is 10.7. The Kier molecular flexibility index (Phi) is 7.63. The van der Waals surface area contributed by atoms with E-state index in [1.807, 2.05) is 24.3 Å². The van der Waals surface area contributed by atoms with Crippen LogP contribution in [0.1, 0.15) is 36.8 Å². The Hall–Kier alpha value is -2.77. The predicted molar refractivity (Wildman–Crippen MR) is 134 cm³/mol. The number of amides is 1. The third-order valence-electron chi connectivity index (χ3n) is 6.66. The van der Waals surface area contributed by atoms with E-state index >= 15 is 0 Å². The van der Waals surface area contributed by atoms with Crippen molar-refractivity contribution in [2.24, 2.45) is 11.7 Å². The largest absolute Gasteiger partial charge is 0.385 e. The molecule has 1 aliphatic carbocycles. The lowest BCUT2D eigenvalue weighted by molar-refractivity contribution is -0.122. The minimum atomic E-state index is -1.52. The number of allylic oxidation sites excluding steroid dienone is 4. The minimum absolute atomic E-state index is 0.183. The molecule has 34 heavy (non-hydrogen) atoms. The molecule has 5 nitrogen and oxygen atoms in total. The molecule has 0 aromatic heterocycles. The van der Waals surface area contributed by atoms with Gasteiger partial charge in [0.15, 0.2) is 0 Å². The number of benzene rings is 2. The Morgan fingerprint density at radius 2 is 1.94 bits per heavy atom. The standard InChI is InChI=1S/C27H31FN2O3S/c1-19-17-22(5-10-25(19)28)21-4-2-3-20(18-21)11-14-30-23-6-8-24(9-7-23)34(32)27(26(29)31)12-15-33-16-13-27/h2,4-10,17-18,20,30H,3,11-16H2,1H3,(H2,29,31). The molecular formula is C27H31FN2O3S. The van der Waals surface area contributed by atoms with E-state index in [9.17, 15) is 13.4 Å². The van der Waals surface area contributed by atoms with Gasteiger partial charge in [0.2, 0.25) is 5.91 Å². The van der Waals surface area contributed by atoms with Gasteiger partial charge in [-0.05, 0) is 91.6 Å². The number of anilines is 1. The molecule has 1 aliphatic heterocycles. The average molecular weight is 483 g/mol. The maximum absolute atomic E-state index is 13.6. The van der Waals surface area contributed by atoms with Crippen LogP contribution < -0.4 is 11.1 Å². The lowest BCUT2D eigenvalue weighted by Gasteiger charge is -2.33. The summed E-state index contributed by atoms with van der Waals surface area (Å²) in [6.07, 6.45) is 9.21. The first kappa shape index (κ1) is 24.4. The quantitative estimate of drug-likeness (QED) is 0.570. The van der Waals surface area contributed by atoms with E-state index in [2.05, 4.69) is 23.5 Å². The van der Waals surface area contributed by atoms with Crippen molar-refractivity contribution in [3.63, 3.8) is 0 Å². The summed E-state index contributed by atoms with van der Waals surface area (Å²) in [5.41, 5.74) is 9.39. The van der Waals surface area contributed by atoms with E-state index < -0.39 is 21.5 Å². The van der Waals surface area contributed by atoms with Crippen molar-refractivity contribution < 1.29 is 18.1 Å². The predicted octanol–water partition coefficient (Wildman–Crippen LogP) is 4.74. The Morgan fingerprint density at radius 3 is 2.62 bits per heavy atom. The third-order valence-corrected chi connectivity index (χ3v) is 8.68. The number of aryl methyl sites for hydroxylation is 1. The van der Waals surface area contributed by atoms with Crippen LogP contribution in [0.5, 0.6) is 0 Å². The minimum Gasteiger partial charge on any atom is -0.385 e.